The van der Waals surface area contributed by atoms with Crippen LogP contribution in [0, 0.1) is 0 Å². The molecule has 0 saturated carbocycles. The van der Waals surface area contributed by atoms with E-state index in [1.54, 1.807) is 12.4 Å². The molecule has 4 nitrogen and oxygen atoms in total. The number of nitrogens with zero attached hydrogens (tertiary/aromatic N) is 3. The lowest BCUT2D eigenvalue weighted by atomic mass is 10.1. The maximum Gasteiger partial charge on any atom is 0.111 e. The molecule has 2 N–H and O–H groups in total. The van der Waals surface area contributed by atoms with Crippen LogP contribution in [0.3, 0.4) is 0 Å². The summed E-state index contributed by atoms with van der Waals surface area (Å²) in [5.74, 6) is 1.03. The molecule has 0 radical (unpaired) electrons. The molecule has 0 aromatic carbocycles. The zero-order chi connectivity index (χ0) is 10.8. The largest absolute Gasteiger partial charge is 0.331 e. The molecule has 0 amide bonds. The third-order valence-electron chi connectivity index (χ3n) is 2.74. The predicted octanol–water partition coefficient (Wildman–Crippen LogP) is 1.25. The van der Waals surface area contributed by atoms with E-state index < -0.39 is 0 Å². The first-order valence-corrected chi connectivity index (χ1v) is 5.23. The zero-order valence-electron chi connectivity index (χ0n) is 9.14. The lowest BCUT2D eigenvalue weighted by Gasteiger charge is -2.07. The highest BCUT2D eigenvalue weighted by molar-refractivity contribution is 5.74. The van der Waals surface area contributed by atoms with Crippen LogP contribution in [0.2, 0.25) is 0 Å². The summed E-state index contributed by atoms with van der Waals surface area (Å²) < 4.78 is 2.09. The van der Waals surface area contributed by atoms with Gasteiger partial charge in [-0.1, -0.05) is 6.92 Å². The van der Waals surface area contributed by atoms with E-state index in [4.69, 9.17) is 5.73 Å². The minimum absolute atomic E-state index is 0.188. The van der Waals surface area contributed by atoms with Crippen molar-refractivity contribution in [2.24, 2.45) is 12.8 Å². The van der Waals surface area contributed by atoms with Crippen LogP contribution in [-0.2, 0) is 13.5 Å². The number of rotatable bonds is 3. The molecule has 15 heavy (non-hydrogen) atoms. The SMILES string of the molecule is CCC(N)Cc1nc2cnccc2n1C. The monoisotopic (exact) mass is 204 g/mol. The molecule has 2 rings (SSSR count). The maximum absolute atomic E-state index is 5.93. The van der Waals surface area contributed by atoms with Crippen LogP contribution in [0.1, 0.15) is 19.2 Å². The second-order valence-corrected chi connectivity index (χ2v) is 3.82. The summed E-state index contributed by atoms with van der Waals surface area (Å²) in [6.07, 6.45) is 5.37. The van der Waals surface area contributed by atoms with E-state index in [0.717, 1.165) is 29.7 Å². The van der Waals surface area contributed by atoms with Crippen molar-refractivity contribution in [1.29, 1.82) is 0 Å². The van der Waals surface area contributed by atoms with Crippen LogP contribution < -0.4 is 5.73 Å². The molecule has 0 fully saturated rings. The predicted molar refractivity (Wildman–Crippen MR) is 60.5 cm³/mol. The van der Waals surface area contributed by atoms with Gasteiger partial charge >= 0.3 is 0 Å². The van der Waals surface area contributed by atoms with E-state index in [-0.39, 0.29) is 6.04 Å². The minimum atomic E-state index is 0.188. The van der Waals surface area contributed by atoms with E-state index in [9.17, 15) is 0 Å². The number of fused-ring (bicyclic) bond motifs is 1. The second-order valence-electron chi connectivity index (χ2n) is 3.82. The number of hydrogen-bond acceptors (Lipinski definition) is 3. The van der Waals surface area contributed by atoms with E-state index >= 15 is 0 Å². The fourth-order valence-corrected chi connectivity index (χ4v) is 1.66. The van der Waals surface area contributed by atoms with Crippen molar-refractivity contribution < 1.29 is 0 Å². The molecule has 80 valence electrons. The van der Waals surface area contributed by atoms with Crippen molar-refractivity contribution >= 4 is 11.0 Å². The maximum atomic E-state index is 5.93. The van der Waals surface area contributed by atoms with E-state index in [1.807, 2.05) is 13.1 Å². The Balaban J connectivity index is 2.40. The normalized spacial score (nSPS) is 13.3. The Morgan fingerprint density at radius 2 is 2.33 bits per heavy atom. The van der Waals surface area contributed by atoms with Crippen LogP contribution in [0.4, 0.5) is 0 Å². The topological polar surface area (TPSA) is 56.7 Å². The van der Waals surface area contributed by atoms with Gasteiger partial charge in [-0.25, -0.2) is 4.98 Å². The molecule has 2 aromatic rings. The van der Waals surface area contributed by atoms with Crippen LogP contribution in [0.5, 0.6) is 0 Å². The summed E-state index contributed by atoms with van der Waals surface area (Å²) in [4.78, 5) is 8.58. The molecule has 0 aliphatic heterocycles. The lowest BCUT2D eigenvalue weighted by Crippen LogP contribution is -2.23. The van der Waals surface area contributed by atoms with Crippen molar-refractivity contribution in [3.63, 3.8) is 0 Å². The number of nitrogens with two attached hydrogens (primary N) is 1. The Morgan fingerprint density at radius 1 is 1.53 bits per heavy atom. The van der Waals surface area contributed by atoms with Gasteiger partial charge in [0, 0.05) is 25.7 Å². The summed E-state index contributed by atoms with van der Waals surface area (Å²) in [7, 11) is 2.02. The summed E-state index contributed by atoms with van der Waals surface area (Å²) in [6, 6.07) is 2.16. The van der Waals surface area contributed by atoms with Crippen LogP contribution in [-0.4, -0.2) is 20.6 Å². The van der Waals surface area contributed by atoms with Crippen LogP contribution in [0.15, 0.2) is 18.5 Å². The van der Waals surface area contributed by atoms with Crippen molar-refractivity contribution in [3.8, 4) is 0 Å². The Morgan fingerprint density at radius 3 is 3.00 bits per heavy atom. The first-order chi connectivity index (χ1) is 7.22. The molecule has 0 aliphatic carbocycles. The van der Waals surface area contributed by atoms with E-state index in [2.05, 4.69) is 21.5 Å². The minimum Gasteiger partial charge on any atom is -0.331 e. The third-order valence-corrected chi connectivity index (χ3v) is 2.74. The lowest BCUT2D eigenvalue weighted by molar-refractivity contribution is 0.612. The molecule has 0 aliphatic rings. The van der Waals surface area contributed by atoms with Gasteiger partial charge in [-0.2, -0.15) is 0 Å². The van der Waals surface area contributed by atoms with Crippen LogP contribution in [0.25, 0.3) is 11.0 Å². The van der Waals surface area contributed by atoms with Crippen LogP contribution >= 0.6 is 0 Å². The molecule has 0 spiro atoms. The quantitative estimate of drug-likeness (QED) is 0.818. The highest BCUT2D eigenvalue weighted by Gasteiger charge is 2.10. The Hall–Kier alpha value is -1.42. The summed E-state index contributed by atoms with van der Waals surface area (Å²) in [6.45, 7) is 2.09. The molecular weight excluding hydrogens is 188 g/mol. The molecule has 2 aromatic heterocycles. The van der Waals surface area contributed by atoms with Gasteiger partial charge in [0.2, 0.25) is 0 Å². The van der Waals surface area contributed by atoms with Gasteiger partial charge in [-0.05, 0) is 12.5 Å². The van der Waals surface area contributed by atoms with Gasteiger partial charge < -0.3 is 10.3 Å². The number of imidazole rings is 1. The average molecular weight is 204 g/mol. The number of hydrogen-bond donors (Lipinski definition) is 1. The molecule has 4 heteroatoms. The van der Waals surface area contributed by atoms with Gasteiger partial charge in [0.05, 0.1) is 11.7 Å². The van der Waals surface area contributed by atoms with Gasteiger partial charge in [0.25, 0.3) is 0 Å². The smallest absolute Gasteiger partial charge is 0.111 e. The highest BCUT2D eigenvalue weighted by Crippen LogP contribution is 2.14. The molecule has 1 atom stereocenters. The number of aromatic nitrogens is 3. The van der Waals surface area contributed by atoms with Gasteiger partial charge in [-0.3, -0.25) is 4.98 Å². The molecule has 0 saturated heterocycles. The number of pyridine rings is 1. The fourth-order valence-electron chi connectivity index (χ4n) is 1.66. The standard InChI is InChI=1S/C11H16N4/c1-3-8(12)6-11-14-9-7-13-5-4-10(9)15(11)2/h4-5,7-8H,3,6,12H2,1-2H3. The first-order valence-electron chi connectivity index (χ1n) is 5.23. The third kappa shape index (κ3) is 1.85. The molecule has 0 bridgehead atoms. The zero-order valence-corrected chi connectivity index (χ0v) is 9.14. The Kier molecular flexibility index (Phi) is 2.68. The van der Waals surface area contributed by atoms with Gasteiger partial charge in [-0.15, -0.1) is 0 Å². The highest BCUT2D eigenvalue weighted by atomic mass is 15.1. The van der Waals surface area contributed by atoms with Crippen molar-refractivity contribution in [2.75, 3.05) is 0 Å². The Bertz CT molecular complexity index is 461. The Labute approximate surface area is 89.1 Å². The fraction of sp³-hybridized carbons (Fsp3) is 0.455. The molecular formula is C11H16N4. The summed E-state index contributed by atoms with van der Waals surface area (Å²) in [5, 5.41) is 0. The molecule has 1 unspecified atom stereocenters. The average Bonchev–Trinajstić information content (AvgIpc) is 2.57. The second kappa shape index (κ2) is 3.98. The van der Waals surface area contributed by atoms with Crippen molar-refractivity contribution in [3.05, 3.63) is 24.3 Å². The van der Waals surface area contributed by atoms with Gasteiger partial charge in [0.1, 0.15) is 11.3 Å². The first kappa shape index (κ1) is 10.1. The summed E-state index contributed by atoms with van der Waals surface area (Å²) >= 11 is 0. The van der Waals surface area contributed by atoms with Gasteiger partial charge in [0.15, 0.2) is 0 Å². The number of aryl methyl sites for hydroxylation is 1. The summed E-state index contributed by atoms with van der Waals surface area (Å²) in [5.41, 5.74) is 7.98. The van der Waals surface area contributed by atoms with E-state index in [0.29, 0.717) is 0 Å². The van der Waals surface area contributed by atoms with Crippen molar-refractivity contribution in [1.82, 2.24) is 14.5 Å². The molecule has 2 heterocycles. The van der Waals surface area contributed by atoms with E-state index in [1.165, 1.54) is 0 Å². The van der Waals surface area contributed by atoms with Crippen molar-refractivity contribution in [2.45, 2.75) is 25.8 Å².